The molecule has 0 radical (unpaired) electrons. The van der Waals surface area contributed by atoms with E-state index < -0.39 is 90.2 Å². The van der Waals surface area contributed by atoms with E-state index in [1.807, 2.05) is 0 Å². The Hall–Kier alpha value is -1.29. The van der Waals surface area contributed by atoms with Crippen LogP contribution in [-0.2, 0) is 43.2 Å². The van der Waals surface area contributed by atoms with Gasteiger partial charge in [-0.2, -0.15) is 0 Å². The Morgan fingerprint density at radius 1 is 0.429 bits per heavy atom. The second kappa shape index (κ2) is 31.1. The van der Waals surface area contributed by atoms with E-state index in [4.69, 9.17) is 30.6 Å². The van der Waals surface area contributed by atoms with Gasteiger partial charge >= 0.3 is 124 Å². The van der Waals surface area contributed by atoms with Crippen molar-refractivity contribution in [3.8, 4) is 0 Å². The normalized spacial score (nSPS) is 11.2. The Balaban J connectivity index is -0.000000112. The van der Waals surface area contributed by atoms with Crippen molar-refractivity contribution < 1.29 is 73.8 Å². The number of hydrogen-bond acceptors (Lipinski definition) is 12. The molecule has 0 fully saturated rings. The average molecular weight is 639 g/mol. The summed E-state index contributed by atoms with van der Waals surface area (Å²) in [5, 5.41) is 57.9. The molecule has 0 spiro atoms. The third kappa shape index (κ3) is 28.8. The van der Waals surface area contributed by atoms with Gasteiger partial charge in [-0.05, 0) is 21.1 Å². The minimum atomic E-state index is -1.45. The summed E-state index contributed by atoms with van der Waals surface area (Å²) in [6.45, 7) is -0.404. The van der Waals surface area contributed by atoms with E-state index in [0.717, 1.165) is 0 Å². The van der Waals surface area contributed by atoms with Crippen molar-refractivity contribution in [2.24, 2.45) is 17.8 Å². The van der Waals surface area contributed by atoms with Crippen molar-refractivity contribution in [3.63, 3.8) is 0 Å². The summed E-state index contributed by atoms with van der Waals surface area (Å²) in [6, 6.07) is 0. The summed E-state index contributed by atoms with van der Waals surface area (Å²) in [7, 11) is 4.45. The number of likely N-dealkylation sites (N-methyl/N-ethyl adjacent to an activating group) is 3. The molecule has 0 saturated heterocycles. The zero-order valence-electron chi connectivity index (χ0n) is 21.3. The first-order valence-corrected chi connectivity index (χ1v) is 10.8. The number of rotatable bonds is 18. The summed E-state index contributed by atoms with van der Waals surface area (Å²) in [5.41, 5.74) is 0. The molecule has 9 N–H and O–H groups in total. The molecule has 42 heavy (non-hydrogen) atoms. The van der Waals surface area contributed by atoms with Crippen LogP contribution in [0.15, 0.2) is 0 Å². The summed E-state index contributed by atoms with van der Waals surface area (Å²) in [6.07, 6.45) is -2.01. The average Bonchev–Trinajstić information content (AvgIpc) is 2.79. The van der Waals surface area contributed by atoms with E-state index in [1.54, 1.807) is 0 Å². The molecule has 3 unspecified atom stereocenters. The Kier molecular flexibility index (Phi) is 39.5. The van der Waals surface area contributed by atoms with Crippen LogP contribution < -0.4 is 16.0 Å². The van der Waals surface area contributed by atoms with Crippen LogP contribution in [0.4, 0.5) is 0 Å². The van der Waals surface area contributed by atoms with Crippen LogP contribution >= 0.6 is 0 Å². The van der Waals surface area contributed by atoms with E-state index in [-0.39, 0.29) is 108 Å². The molecule has 0 heterocycles. The second-order valence-corrected chi connectivity index (χ2v) is 7.46. The van der Waals surface area contributed by atoms with Gasteiger partial charge in [0.2, 0.25) is 0 Å². The summed E-state index contributed by atoms with van der Waals surface area (Å²) in [4.78, 5) is 94.9. The Bertz CT molecular complexity index is 804. The van der Waals surface area contributed by atoms with Gasteiger partial charge in [0.25, 0.3) is 0 Å². The first-order valence-electron chi connectivity index (χ1n) is 10.8. The van der Waals surface area contributed by atoms with Crippen LogP contribution in [0, 0.1) is 17.8 Å². The number of carbonyl (C=O) groups excluding carboxylic acids is 3. The summed E-state index contributed by atoms with van der Waals surface area (Å²) < 4.78 is 0. The maximum absolute atomic E-state index is 11.0. The fraction of sp³-hybridized carbons (Fsp3) is 0.571. The van der Waals surface area contributed by atoms with E-state index in [1.165, 1.54) is 21.1 Å². The topological polar surface area (TPSA) is 311 Å². The van der Waals surface area contributed by atoms with Gasteiger partial charge in [-0.3, -0.25) is 43.2 Å². The van der Waals surface area contributed by atoms with Gasteiger partial charge in [0.15, 0.2) is 17.3 Å². The van der Waals surface area contributed by atoms with Crippen molar-refractivity contribution in [3.05, 3.63) is 0 Å². The number of nitrogens with one attached hydrogen (secondary N) is 3. The quantitative estimate of drug-likeness (QED) is 0.0500. The fourth-order valence-electron chi connectivity index (χ4n) is 2.43. The Labute approximate surface area is 306 Å². The first kappa shape index (κ1) is 53.3. The van der Waals surface area contributed by atoms with Gasteiger partial charge in [-0.1, -0.05) is 0 Å². The molecule has 0 aliphatic rings. The first-order chi connectivity index (χ1) is 18.0. The second-order valence-electron chi connectivity index (χ2n) is 7.46. The molecule has 0 saturated carbocycles. The molecule has 0 aliphatic heterocycles. The third-order valence-electron chi connectivity index (χ3n) is 4.25. The molecule has 0 aliphatic carbocycles. The predicted octanol–water partition coefficient (Wildman–Crippen LogP) is -5.09. The number of carboxylic acid groups (broad SMARTS) is 6. The molecule has 21 heteroatoms. The van der Waals surface area contributed by atoms with Gasteiger partial charge in [0, 0.05) is 0 Å². The predicted molar refractivity (Wildman–Crippen MR) is 148 cm³/mol. The molecule has 0 aromatic heterocycles. The number of aliphatic carboxylic acids is 6. The van der Waals surface area contributed by atoms with E-state index in [2.05, 4.69) is 16.0 Å². The molecule has 3 atom stereocenters. The van der Waals surface area contributed by atoms with Crippen LogP contribution in [0.25, 0.3) is 0 Å². The maximum atomic E-state index is 11.0. The SMILES string of the molecule is CNCC(=O)C(CC(=O)O)C(=O)O.CNCC(=O)C(CC(=O)O)C(=O)O.CNCC(=O)C(CC(=O)O)C(=O)O.[NaH].[NaH].[NaH]. The van der Waals surface area contributed by atoms with Crippen molar-refractivity contribution in [2.45, 2.75) is 19.3 Å². The number of hydrogen-bond donors (Lipinski definition) is 9. The summed E-state index contributed by atoms with van der Waals surface area (Å²) >= 11 is 0. The third-order valence-corrected chi connectivity index (χ3v) is 4.25. The number of ketones is 3. The van der Waals surface area contributed by atoms with Crippen molar-refractivity contribution >= 4 is 142 Å². The van der Waals surface area contributed by atoms with E-state index in [0.29, 0.717) is 0 Å². The molecular formula is C21H36N3Na3O15. The summed E-state index contributed by atoms with van der Waals surface area (Å²) in [5.74, 6) is -14.3. The van der Waals surface area contributed by atoms with E-state index >= 15 is 0 Å². The van der Waals surface area contributed by atoms with Crippen LogP contribution in [-0.4, -0.2) is 213 Å². The number of carbonyl (C=O) groups is 9. The fourth-order valence-corrected chi connectivity index (χ4v) is 2.43. The van der Waals surface area contributed by atoms with Gasteiger partial charge in [-0.15, -0.1) is 0 Å². The molecule has 18 nitrogen and oxygen atoms in total. The molecule has 0 aromatic carbocycles. The van der Waals surface area contributed by atoms with Crippen molar-refractivity contribution in [1.82, 2.24) is 16.0 Å². The van der Waals surface area contributed by atoms with Gasteiger partial charge in [0.1, 0.15) is 17.8 Å². The van der Waals surface area contributed by atoms with Crippen LogP contribution in [0.1, 0.15) is 19.3 Å². The zero-order chi connectivity index (χ0) is 31.3. The monoisotopic (exact) mass is 639 g/mol. The molecule has 0 aromatic rings. The minimum absolute atomic E-state index is 0. The van der Waals surface area contributed by atoms with Crippen LogP contribution in [0.2, 0.25) is 0 Å². The van der Waals surface area contributed by atoms with E-state index in [9.17, 15) is 43.2 Å². The molecule has 228 valence electrons. The van der Waals surface area contributed by atoms with Gasteiger partial charge < -0.3 is 46.6 Å². The van der Waals surface area contributed by atoms with Crippen molar-refractivity contribution in [1.29, 1.82) is 0 Å². The van der Waals surface area contributed by atoms with Crippen LogP contribution in [0.5, 0.6) is 0 Å². The number of carboxylic acids is 6. The standard InChI is InChI=1S/3C7H11NO5.3Na.3H/c3*1-8-3-5(9)4(7(12)13)2-6(10)11;;;;;;/h3*4,8H,2-3H2,1H3,(H,10,11)(H,12,13);;;;;;. The molecule has 0 amide bonds. The zero-order valence-corrected chi connectivity index (χ0v) is 21.3. The van der Waals surface area contributed by atoms with Gasteiger partial charge in [-0.25, -0.2) is 0 Å². The molecular weight excluding hydrogens is 603 g/mol. The van der Waals surface area contributed by atoms with Crippen molar-refractivity contribution in [2.75, 3.05) is 40.8 Å². The Morgan fingerprint density at radius 2 is 0.595 bits per heavy atom. The number of Topliss-reactive ketones (excluding diaryl/α,β-unsaturated/α-hetero) is 3. The van der Waals surface area contributed by atoms with Crippen LogP contribution in [0.3, 0.4) is 0 Å². The molecule has 0 rings (SSSR count). The molecule has 0 bridgehead atoms. The van der Waals surface area contributed by atoms with Gasteiger partial charge in [0.05, 0.1) is 38.9 Å². The Morgan fingerprint density at radius 3 is 0.690 bits per heavy atom.